The Balaban J connectivity index is 1.12. The number of carbonyl (C=O) groups excluding carboxylic acids is 1. The third-order valence-electron chi connectivity index (χ3n) is 7.00. The van der Waals surface area contributed by atoms with Crippen molar-refractivity contribution in [2.24, 2.45) is 0 Å². The third-order valence-corrected chi connectivity index (χ3v) is 7.00. The second-order valence-electron chi connectivity index (χ2n) is 9.31. The van der Waals surface area contributed by atoms with Gasteiger partial charge in [-0.3, -0.25) is 9.69 Å². The molecule has 184 valence electrons. The Morgan fingerprint density at radius 3 is 2.46 bits per heavy atom. The molecule has 3 heterocycles. The van der Waals surface area contributed by atoms with Gasteiger partial charge in [0.25, 0.3) is 5.91 Å². The zero-order valence-corrected chi connectivity index (χ0v) is 20.4. The Hall–Kier alpha value is -3.39. The lowest BCUT2D eigenvalue weighted by Gasteiger charge is -2.21. The van der Waals surface area contributed by atoms with Crippen LogP contribution < -0.4 is 15.0 Å². The predicted octanol–water partition coefficient (Wildman–Crippen LogP) is 2.92. The van der Waals surface area contributed by atoms with Crippen molar-refractivity contribution < 1.29 is 9.53 Å². The molecule has 2 aromatic carbocycles. The molecule has 8 nitrogen and oxygen atoms in total. The van der Waals surface area contributed by atoms with E-state index in [1.165, 1.54) is 37.2 Å². The monoisotopic (exact) mass is 474 g/mol. The SMILES string of the molecule is COc1ccc(C(=O)NCCc2nnc3n2CCN(Cc2ccc(N4CCCC4)cc2)CC3)cc1. The summed E-state index contributed by atoms with van der Waals surface area (Å²) in [5, 5.41) is 11.8. The molecule has 0 spiro atoms. The quantitative estimate of drug-likeness (QED) is 0.541. The summed E-state index contributed by atoms with van der Waals surface area (Å²) in [5.74, 6) is 2.62. The summed E-state index contributed by atoms with van der Waals surface area (Å²) in [5.41, 5.74) is 3.32. The van der Waals surface area contributed by atoms with E-state index < -0.39 is 0 Å². The van der Waals surface area contributed by atoms with E-state index in [2.05, 4.69) is 54.1 Å². The summed E-state index contributed by atoms with van der Waals surface area (Å²) in [4.78, 5) is 17.4. The summed E-state index contributed by atoms with van der Waals surface area (Å²) in [6, 6.07) is 16.2. The Kier molecular flexibility index (Phi) is 7.28. The zero-order valence-electron chi connectivity index (χ0n) is 20.4. The Morgan fingerprint density at radius 1 is 0.943 bits per heavy atom. The van der Waals surface area contributed by atoms with Crippen molar-refractivity contribution in [3.63, 3.8) is 0 Å². The van der Waals surface area contributed by atoms with Crippen LogP contribution in [0.25, 0.3) is 0 Å². The topological polar surface area (TPSA) is 75.5 Å². The van der Waals surface area contributed by atoms with Crippen LogP contribution in [0.2, 0.25) is 0 Å². The first-order valence-electron chi connectivity index (χ1n) is 12.6. The number of amides is 1. The number of carbonyl (C=O) groups is 1. The van der Waals surface area contributed by atoms with E-state index in [4.69, 9.17) is 4.74 Å². The first-order chi connectivity index (χ1) is 17.2. The van der Waals surface area contributed by atoms with Crippen LogP contribution in [0, 0.1) is 0 Å². The molecule has 0 aliphatic carbocycles. The highest BCUT2D eigenvalue weighted by atomic mass is 16.5. The molecule has 0 atom stereocenters. The number of nitrogens with one attached hydrogen (secondary N) is 1. The van der Waals surface area contributed by atoms with Gasteiger partial charge in [-0.1, -0.05) is 12.1 Å². The molecular weight excluding hydrogens is 440 g/mol. The van der Waals surface area contributed by atoms with Gasteiger partial charge in [0, 0.05) is 69.9 Å². The highest BCUT2D eigenvalue weighted by molar-refractivity contribution is 5.94. The van der Waals surface area contributed by atoms with Gasteiger partial charge in [-0.05, 0) is 54.8 Å². The molecule has 0 bridgehead atoms. The molecule has 1 N–H and O–H groups in total. The number of hydrogen-bond donors (Lipinski definition) is 1. The molecule has 0 radical (unpaired) electrons. The first-order valence-corrected chi connectivity index (χ1v) is 12.6. The maximum Gasteiger partial charge on any atom is 0.251 e. The maximum atomic E-state index is 12.4. The molecule has 2 aliphatic heterocycles. The van der Waals surface area contributed by atoms with Crippen molar-refractivity contribution in [1.29, 1.82) is 0 Å². The van der Waals surface area contributed by atoms with Gasteiger partial charge < -0.3 is 19.5 Å². The summed E-state index contributed by atoms with van der Waals surface area (Å²) < 4.78 is 7.38. The molecule has 5 rings (SSSR count). The fraction of sp³-hybridized carbons (Fsp3) is 0.444. The fourth-order valence-electron chi connectivity index (χ4n) is 4.95. The van der Waals surface area contributed by atoms with Crippen LogP contribution in [-0.2, 0) is 25.9 Å². The van der Waals surface area contributed by atoms with Crippen molar-refractivity contribution in [1.82, 2.24) is 25.0 Å². The van der Waals surface area contributed by atoms with E-state index in [0.717, 1.165) is 50.0 Å². The second kappa shape index (κ2) is 10.9. The molecule has 2 aliphatic rings. The molecule has 35 heavy (non-hydrogen) atoms. The van der Waals surface area contributed by atoms with Crippen LogP contribution in [0.5, 0.6) is 5.75 Å². The maximum absolute atomic E-state index is 12.4. The van der Waals surface area contributed by atoms with Gasteiger partial charge in [0.15, 0.2) is 0 Å². The van der Waals surface area contributed by atoms with Gasteiger partial charge >= 0.3 is 0 Å². The Morgan fingerprint density at radius 2 is 1.71 bits per heavy atom. The molecular formula is C27H34N6O2. The molecule has 8 heteroatoms. The lowest BCUT2D eigenvalue weighted by atomic mass is 10.2. The van der Waals surface area contributed by atoms with Crippen molar-refractivity contribution >= 4 is 11.6 Å². The number of benzene rings is 2. The largest absolute Gasteiger partial charge is 0.497 e. The van der Waals surface area contributed by atoms with Gasteiger partial charge in [-0.2, -0.15) is 0 Å². The molecule has 3 aromatic rings. The highest BCUT2D eigenvalue weighted by Gasteiger charge is 2.19. The number of fused-ring (bicyclic) bond motifs is 1. The molecule has 0 saturated carbocycles. The lowest BCUT2D eigenvalue weighted by Crippen LogP contribution is -2.28. The van der Waals surface area contributed by atoms with Gasteiger partial charge in [0.2, 0.25) is 0 Å². The van der Waals surface area contributed by atoms with Crippen LogP contribution >= 0.6 is 0 Å². The standard InChI is InChI=1S/C27H34N6O2/c1-35-24-10-6-22(7-11-24)27(34)28-14-12-25-29-30-26-13-17-31(18-19-33(25)26)20-21-4-8-23(9-5-21)32-15-2-3-16-32/h4-11H,2-3,12-20H2,1H3,(H,28,34). The first kappa shape index (κ1) is 23.4. The molecule has 1 amide bonds. The van der Waals surface area contributed by atoms with Gasteiger partial charge in [0.05, 0.1) is 7.11 Å². The average Bonchev–Trinajstić information content (AvgIpc) is 3.52. The van der Waals surface area contributed by atoms with Crippen molar-refractivity contribution in [2.45, 2.75) is 38.8 Å². The number of anilines is 1. The van der Waals surface area contributed by atoms with Crippen LogP contribution in [0.15, 0.2) is 48.5 Å². The van der Waals surface area contributed by atoms with E-state index >= 15 is 0 Å². The fourth-order valence-corrected chi connectivity index (χ4v) is 4.95. The third kappa shape index (κ3) is 5.65. The van der Waals surface area contributed by atoms with Gasteiger partial charge in [-0.15, -0.1) is 10.2 Å². The number of aromatic nitrogens is 3. The smallest absolute Gasteiger partial charge is 0.251 e. The Bertz CT molecular complexity index is 1120. The molecule has 1 fully saturated rings. The summed E-state index contributed by atoms with van der Waals surface area (Å²) >= 11 is 0. The van der Waals surface area contributed by atoms with Crippen LogP contribution in [0.4, 0.5) is 5.69 Å². The lowest BCUT2D eigenvalue weighted by molar-refractivity contribution is 0.0954. The summed E-state index contributed by atoms with van der Waals surface area (Å²) in [6.07, 6.45) is 4.15. The molecule has 1 saturated heterocycles. The number of hydrogen-bond acceptors (Lipinski definition) is 6. The Labute approximate surface area is 206 Å². The van der Waals surface area contributed by atoms with E-state index in [1.807, 2.05) is 0 Å². The van der Waals surface area contributed by atoms with Crippen LogP contribution in [-0.4, -0.2) is 65.4 Å². The van der Waals surface area contributed by atoms with Gasteiger partial charge in [0.1, 0.15) is 17.4 Å². The summed E-state index contributed by atoms with van der Waals surface area (Å²) in [7, 11) is 1.61. The van der Waals surface area contributed by atoms with E-state index in [1.54, 1.807) is 31.4 Å². The van der Waals surface area contributed by atoms with Crippen LogP contribution in [0.3, 0.4) is 0 Å². The predicted molar refractivity (Wildman–Crippen MR) is 136 cm³/mol. The second-order valence-corrected chi connectivity index (χ2v) is 9.31. The van der Waals surface area contributed by atoms with Crippen molar-refractivity contribution in [3.8, 4) is 5.75 Å². The molecule has 0 unspecified atom stereocenters. The highest BCUT2D eigenvalue weighted by Crippen LogP contribution is 2.21. The van der Waals surface area contributed by atoms with E-state index in [9.17, 15) is 4.79 Å². The minimum atomic E-state index is -0.0924. The normalized spacial score (nSPS) is 16.1. The summed E-state index contributed by atoms with van der Waals surface area (Å²) in [6.45, 7) is 6.64. The average molecular weight is 475 g/mol. The molecule has 1 aromatic heterocycles. The van der Waals surface area contributed by atoms with Crippen LogP contribution in [0.1, 0.15) is 40.4 Å². The minimum absolute atomic E-state index is 0.0924. The number of nitrogens with zero attached hydrogens (tertiary/aromatic N) is 5. The minimum Gasteiger partial charge on any atom is -0.497 e. The van der Waals surface area contributed by atoms with Gasteiger partial charge in [-0.25, -0.2) is 0 Å². The van der Waals surface area contributed by atoms with E-state index in [-0.39, 0.29) is 5.91 Å². The van der Waals surface area contributed by atoms with E-state index in [0.29, 0.717) is 18.5 Å². The number of rotatable bonds is 8. The van der Waals surface area contributed by atoms with Crippen molar-refractivity contribution in [2.75, 3.05) is 44.7 Å². The zero-order chi connectivity index (χ0) is 24.0. The van der Waals surface area contributed by atoms with Crippen molar-refractivity contribution in [3.05, 3.63) is 71.3 Å². The number of ether oxygens (including phenoxy) is 1. The number of methoxy groups -OCH3 is 1.